The summed E-state index contributed by atoms with van der Waals surface area (Å²) < 4.78 is 0. The summed E-state index contributed by atoms with van der Waals surface area (Å²) in [6.45, 7) is 11.3. The molecular weight excluding hydrogens is 172 g/mol. The lowest BCUT2D eigenvalue weighted by Gasteiger charge is -2.34. The number of unbranched alkanes of at least 4 members (excludes halogenated alkanes) is 1. The van der Waals surface area contributed by atoms with Crippen molar-refractivity contribution in [1.29, 1.82) is 0 Å². The zero-order valence-corrected chi connectivity index (χ0v) is 10.3. The number of rotatable bonds is 4. The topological polar surface area (TPSA) is 0 Å². The molecule has 2 heteroatoms. The summed E-state index contributed by atoms with van der Waals surface area (Å²) in [5.41, 5.74) is 0. The van der Waals surface area contributed by atoms with Gasteiger partial charge in [-0.05, 0) is 11.5 Å². The second-order valence-corrected chi connectivity index (χ2v) is 11.6. The van der Waals surface area contributed by atoms with Crippen LogP contribution in [0.15, 0.2) is 0 Å². The highest BCUT2D eigenvalue weighted by molar-refractivity contribution is 7.20. The van der Waals surface area contributed by atoms with E-state index in [-0.39, 0.29) is 0 Å². The lowest BCUT2D eigenvalue weighted by Crippen LogP contribution is -2.32. The average Bonchev–Trinajstić information content (AvgIpc) is 1.81. The van der Waals surface area contributed by atoms with Crippen LogP contribution in [0.25, 0.3) is 0 Å². The lowest BCUT2D eigenvalue weighted by molar-refractivity contribution is 0.555. The van der Waals surface area contributed by atoms with Gasteiger partial charge in [-0.25, -0.2) is 0 Å². The van der Waals surface area contributed by atoms with Crippen LogP contribution in [0.2, 0.25) is 18.1 Å². The summed E-state index contributed by atoms with van der Waals surface area (Å²) >= 11 is 6.40. The molecule has 0 aliphatic rings. The fraction of sp³-hybridized carbons (Fsp3) is 1.00. The Hall–Kier alpha value is 0.507. The van der Waals surface area contributed by atoms with E-state index in [2.05, 4.69) is 33.9 Å². The van der Waals surface area contributed by atoms with Gasteiger partial charge in [0.2, 0.25) is 0 Å². The first-order chi connectivity index (χ1) is 4.81. The summed E-state index contributed by atoms with van der Waals surface area (Å²) in [7, 11) is -1.45. The van der Waals surface area contributed by atoms with Crippen LogP contribution in [0.4, 0.5) is 0 Å². The molecule has 0 amide bonds. The van der Waals surface area contributed by atoms with Gasteiger partial charge in [0.15, 0.2) is 7.38 Å². The van der Waals surface area contributed by atoms with Gasteiger partial charge < -0.3 is 0 Å². The molecule has 0 aromatic heterocycles. The fourth-order valence-electron chi connectivity index (χ4n) is 0.916. The third-order valence-corrected chi connectivity index (χ3v) is 7.77. The van der Waals surface area contributed by atoms with Crippen molar-refractivity contribution in [3.8, 4) is 0 Å². The van der Waals surface area contributed by atoms with E-state index >= 15 is 0 Å². The van der Waals surface area contributed by atoms with Crippen LogP contribution < -0.4 is 0 Å². The summed E-state index contributed by atoms with van der Waals surface area (Å²) in [5, 5.41) is 0.393. The van der Waals surface area contributed by atoms with Crippen molar-refractivity contribution in [2.45, 2.75) is 58.2 Å². The second-order valence-electron chi connectivity index (χ2n) is 4.46. The summed E-state index contributed by atoms with van der Waals surface area (Å²) in [4.78, 5) is 0. The maximum absolute atomic E-state index is 6.40. The van der Waals surface area contributed by atoms with E-state index in [4.69, 9.17) is 11.1 Å². The Kier molecular flexibility index (Phi) is 4.13. The van der Waals surface area contributed by atoms with Crippen LogP contribution in [-0.4, -0.2) is 7.38 Å². The molecule has 0 N–H and O–H groups in total. The molecule has 0 unspecified atom stereocenters. The van der Waals surface area contributed by atoms with E-state index < -0.39 is 7.38 Å². The van der Waals surface area contributed by atoms with Crippen molar-refractivity contribution in [2.24, 2.45) is 0 Å². The molecule has 0 bridgehead atoms. The third kappa shape index (κ3) is 3.61. The molecule has 0 aromatic carbocycles. The SMILES string of the molecule is CCCCC(C)(C)[Si](C)(C)Cl. The predicted molar refractivity (Wildman–Crippen MR) is 56.9 cm³/mol. The highest BCUT2D eigenvalue weighted by Crippen LogP contribution is 2.43. The van der Waals surface area contributed by atoms with Crippen molar-refractivity contribution < 1.29 is 0 Å². The largest absolute Gasteiger partial charge is 0.167 e. The normalized spacial score (nSPS) is 13.6. The second kappa shape index (κ2) is 3.95. The van der Waals surface area contributed by atoms with Crippen LogP contribution in [0.3, 0.4) is 0 Å². The molecule has 0 fully saturated rings. The minimum absolute atomic E-state index is 0.393. The molecule has 0 radical (unpaired) electrons. The predicted octanol–water partition coefficient (Wildman–Crippen LogP) is 4.40. The molecule has 0 aliphatic carbocycles. The first-order valence-electron chi connectivity index (χ1n) is 4.50. The van der Waals surface area contributed by atoms with Gasteiger partial charge in [0.1, 0.15) is 0 Å². The molecule has 0 nitrogen and oxygen atoms in total. The Morgan fingerprint density at radius 3 is 2.00 bits per heavy atom. The van der Waals surface area contributed by atoms with E-state index in [9.17, 15) is 0 Å². The Balaban J connectivity index is 4.00. The van der Waals surface area contributed by atoms with E-state index in [0.717, 1.165) is 0 Å². The lowest BCUT2D eigenvalue weighted by atomic mass is 10.1. The number of hydrogen-bond donors (Lipinski definition) is 0. The monoisotopic (exact) mass is 192 g/mol. The summed E-state index contributed by atoms with van der Waals surface area (Å²) in [6, 6.07) is 0. The van der Waals surface area contributed by atoms with Crippen LogP contribution in [0.1, 0.15) is 40.0 Å². The molecular formula is C9H21ClSi. The zero-order valence-electron chi connectivity index (χ0n) is 8.50. The van der Waals surface area contributed by atoms with Crippen molar-refractivity contribution in [2.75, 3.05) is 0 Å². The quantitative estimate of drug-likeness (QED) is 0.458. The van der Waals surface area contributed by atoms with Crippen LogP contribution in [-0.2, 0) is 0 Å². The van der Waals surface area contributed by atoms with E-state index in [1.165, 1.54) is 19.3 Å². The maximum Gasteiger partial charge on any atom is 0.156 e. The third-order valence-electron chi connectivity index (χ3n) is 2.76. The first-order valence-corrected chi connectivity index (χ1v) is 8.51. The molecule has 0 rings (SSSR count). The van der Waals surface area contributed by atoms with Crippen molar-refractivity contribution >= 4 is 18.5 Å². The average molecular weight is 193 g/mol. The minimum atomic E-state index is -1.45. The van der Waals surface area contributed by atoms with Crippen LogP contribution in [0.5, 0.6) is 0 Å². The van der Waals surface area contributed by atoms with Crippen molar-refractivity contribution in [3.05, 3.63) is 0 Å². The van der Waals surface area contributed by atoms with Gasteiger partial charge in [-0.3, -0.25) is 0 Å². The van der Waals surface area contributed by atoms with Gasteiger partial charge >= 0.3 is 0 Å². The van der Waals surface area contributed by atoms with E-state index in [0.29, 0.717) is 5.04 Å². The molecule has 68 valence electrons. The molecule has 0 atom stereocenters. The Bertz CT molecular complexity index is 113. The molecule has 0 spiro atoms. The molecule has 0 aromatic rings. The van der Waals surface area contributed by atoms with Crippen molar-refractivity contribution in [3.63, 3.8) is 0 Å². The van der Waals surface area contributed by atoms with Gasteiger partial charge in [0.05, 0.1) is 0 Å². The maximum atomic E-state index is 6.40. The molecule has 0 saturated heterocycles. The number of hydrogen-bond acceptors (Lipinski definition) is 0. The zero-order chi connectivity index (χ0) is 9.12. The first kappa shape index (κ1) is 11.5. The highest BCUT2D eigenvalue weighted by Gasteiger charge is 2.36. The standard InChI is InChI=1S/C9H21ClSi/c1-6-7-8-9(2,3)11(4,5)10/h6-8H2,1-5H3. The van der Waals surface area contributed by atoms with Gasteiger partial charge in [0, 0.05) is 0 Å². The van der Waals surface area contributed by atoms with Crippen LogP contribution in [0, 0.1) is 0 Å². The van der Waals surface area contributed by atoms with E-state index in [1.807, 2.05) is 0 Å². The van der Waals surface area contributed by atoms with Gasteiger partial charge in [-0.15, -0.1) is 0 Å². The van der Waals surface area contributed by atoms with Crippen molar-refractivity contribution in [1.82, 2.24) is 0 Å². The van der Waals surface area contributed by atoms with Gasteiger partial charge in [-0.2, -0.15) is 11.1 Å². The number of halogens is 1. The summed E-state index contributed by atoms with van der Waals surface area (Å²) in [5.74, 6) is 0. The smallest absolute Gasteiger partial charge is 0.156 e. The van der Waals surface area contributed by atoms with Gasteiger partial charge in [0.25, 0.3) is 0 Å². The Labute approximate surface area is 77.0 Å². The van der Waals surface area contributed by atoms with Crippen LogP contribution >= 0.6 is 11.1 Å². The Morgan fingerprint density at radius 1 is 1.27 bits per heavy atom. The van der Waals surface area contributed by atoms with E-state index in [1.54, 1.807) is 0 Å². The fourth-order valence-corrected chi connectivity index (χ4v) is 1.97. The molecule has 0 aliphatic heterocycles. The highest BCUT2D eigenvalue weighted by atomic mass is 35.6. The molecule has 0 saturated carbocycles. The Morgan fingerprint density at radius 2 is 1.73 bits per heavy atom. The van der Waals surface area contributed by atoms with Gasteiger partial charge in [-0.1, -0.05) is 46.7 Å². The molecule has 11 heavy (non-hydrogen) atoms. The minimum Gasteiger partial charge on any atom is -0.167 e. The molecule has 0 heterocycles. The summed E-state index contributed by atoms with van der Waals surface area (Å²) in [6.07, 6.45) is 3.88.